The molecular weight excluding hydrogens is 278 g/mol. The number of rotatable bonds is 5. The Morgan fingerprint density at radius 2 is 2.05 bits per heavy atom. The Morgan fingerprint density at radius 3 is 2.74 bits per heavy atom. The van der Waals surface area contributed by atoms with Crippen LogP contribution in [0.2, 0.25) is 30.8 Å². The zero-order valence-corrected chi connectivity index (χ0v) is 13.7. The van der Waals surface area contributed by atoms with Crippen molar-refractivity contribution in [1.82, 2.24) is 14.8 Å². The quantitative estimate of drug-likeness (QED) is 0.480. The van der Waals surface area contributed by atoms with Crippen LogP contribution in [0.25, 0.3) is 11.0 Å². The lowest BCUT2D eigenvalue weighted by molar-refractivity contribution is 0.0815. The number of halogens is 1. The maximum atomic E-state index is 5.90. The summed E-state index contributed by atoms with van der Waals surface area (Å²) >= 11 is 5.90. The number of nitrogens with zero attached hydrogens (tertiary/aromatic N) is 3. The first-order chi connectivity index (χ1) is 8.87. The summed E-state index contributed by atoms with van der Waals surface area (Å²) in [5, 5.41) is 4.94. The van der Waals surface area contributed by atoms with Gasteiger partial charge in [0.25, 0.3) is 0 Å². The topological polar surface area (TPSA) is 39.9 Å². The van der Waals surface area contributed by atoms with Crippen LogP contribution in [0.5, 0.6) is 0 Å². The average Bonchev–Trinajstić information content (AvgIpc) is 2.60. The summed E-state index contributed by atoms with van der Waals surface area (Å²) < 4.78 is 7.57. The van der Waals surface area contributed by atoms with Crippen LogP contribution in [0.1, 0.15) is 5.69 Å². The van der Waals surface area contributed by atoms with E-state index in [0.29, 0.717) is 11.9 Å². The van der Waals surface area contributed by atoms with Crippen LogP contribution in [0.3, 0.4) is 0 Å². The summed E-state index contributed by atoms with van der Waals surface area (Å²) in [6.45, 7) is 10.2. The highest BCUT2D eigenvalue weighted by molar-refractivity contribution is 6.76. The number of pyridine rings is 1. The molecule has 0 spiro atoms. The van der Waals surface area contributed by atoms with Crippen molar-refractivity contribution in [2.24, 2.45) is 0 Å². The van der Waals surface area contributed by atoms with Gasteiger partial charge in [-0.1, -0.05) is 31.2 Å². The Balaban J connectivity index is 2.05. The zero-order chi connectivity index (χ0) is 14.0. The molecule has 2 heterocycles. The Labute approximate surface area is 119 Å². The number of hydrogen-bond acceptors (Lipinski definition) is 3. The number of ether oxygens (including phenoxy) is 1. The highest BCUT2D eigenvalue weighted by Crippen LogP contribution is 2.18. The van der Waals surface area contributed by atoms with E-state index < -0.39 is 8.07 Å². The molecule has 0 aliphatic rings. The molecule has 2 aromatic rings. The minimum Gasteiger partial charge on any atom is -0.360 e. The molecule has 0 saturated carbocycles. The first-order valence-electron chi connectivity index (χ1n) is 6.44. The van der Waals surface area contributed by atoms with Gasteiger partial charge in [-0.25, -0.2) is 9.67 Å². The second-order valence-corrected chi connectivity index (χ2v) is 11.9. The van der Waals surface area contributed by atoms with Gasteiger partial charge in [0, 0.05) is 14.7 Å². The van der Waals surface area contributed by atoms with Crippen LogP contribution < -0.4 is 0 Å². The van der Waals surface area contributed by atoms with E-state index >= 15 is 0 Å². The van der Waals surface area contributed by atoms with Gasteiger partial charge in [0.05, 0.1) is 11.2 Å². The number of aryl methyl sites for hydroxylation is 1. The smallest absolute Gasteiger partial charge is 0.140 e. The third kappa shape index (κ3) is 3.78. The molecule has 0 aromatic carbocycles. The van der Waals surface area contributed by atoms with Crippen molar-refractivity contribution in [3.8, 4) is 0 Å². The van der Waals surface area contributed by atoms with Crippen LogP contribution >= 0.6 is 11.6 Å². The van der Waals surface area contributed by atoms with E-state index in [9.17, 15) is 0 Å². The summed E-state index contributed by atoms with van der Waals surface area (Å²) in [6, 6.07) is 4.88. The van der Waals surface area contributed by atoms with Crippen LogP contribution in [0, 0.1) is 6.92 Å². The van der Waals surface area contributed by atoms with E-state index in [-0.39, 0.29) is 0 Å². The maximum absolute atomic E-state index is 5.90. The second kappa shape index (κ2) is 5.61. The fraction of sp³-hybridized carbons (Fsp3) is 0.538. The van der Waals surface area contributed by atoms with Crippen molar-refractivity contribution in [3.05, 3.63) is 23.0 Å². The van der Waals surface area contributed by atoms with Gasteiger partial charge in [-0.3, -0.25) is 0 Å². The molecule has 0 atom stereocenters. The van der Waals surface area contributed by atoms with E-state index in [4.69, 9.17) is 16.3 Å². The number of fused-ring (bicyclic) bond motifs is 1. The highest BCUT2D eigenvalue weighted by Gasteiger charge is 2.13. The standard InChI is InChI=1S/C13H20ClN3OSi/c1-10-13-11(5-6-12(14)15-13)17(16-10)9-18-7-8-19(2,3)4/h5-6H,7-9H2,1-4H3. The average molecular weight is 298 g/mol. The molecule has 0 fully saturated rings. The molecule has 0 saturated heterocycles. The monoisotopic (exact) mass is 297 g/mol. The van der Waals surface area contributed by atoms with Crippen LogP contribution in [0.4, 0.5) is 0 Å². The van der Waals surface area contributed by atoms with E-state index in [1.165, 1.54) is 0 Å². The summed E-state index contributed by atoms with van der Waals surface area (Å²) in [5.41, 5.74) is 2.70. The molecular formula is C13H20ClN3OSi. The Kier molecular flexibility index (Phi) is 4.28. The van der Waals surface area contributed by atoms with Crippen molar-refractivity contribution in [2.75, 3.05) is 6.61 Å². The fourth-order valence-corrected chi connectivity index (χ4v) is 2.72. The molecule has 0 radical (unpaired) electrons. The lowest BCUT2D eigenvalue weighted by Gasteiger charge is -2.15. The lowest BCUT2D eigenvalue weighted by Crippen LogP contribution is -2.22. The molecule has 19 heavy (non-hydrogen) atoms. The molecule has 0 unspecified atom stereocenters. The van der Waals surface area contributed by atoms with Gasteiger partial charge >= 0.3 is 0 Å². The highest BCUT2D eigenvalue weighted by atomic mass is 35.5. The van der Waals surface area contributed by atoms with Crippen molar-refractivity contribution in [3.63, 3.8) is 0 Å². The predicted octanol–water partition coefficient (Wildman–Crippen LogP) is 3.71. The predicted molar refractivity (Wildman–Crippen MR) is 81.4 cm³/mol. The molecule has 0 bridgehead atoms. The second-order valence-electron chi connectivity index (χ2n) is 5.93. The van der Waals surface area contributed by atoms with Gasteiger partial charge < -0.3 is 4.74 Å². The molecule has 104 valence electrons. The van der Waals surface area contributed by atoms with Gasteiger partial charge in [-0.05, 0) is 25.1 Å². The third-order valence-electron chi connectivity index (χ3n) is 2.94. The van der Waals surface area contributed by atoms with Crippen LogP contribution in [0.15, 0.2) is 12.1 Å². The molecule has 2 aromatic heterocycles. The SMILES string of the molecule is Cc1nn(COCC[Si](C)(C)C)c2ccc(Cl)nc12. The van der Waals surface area contributed by atoms with E-state index in [2.05, 4.69) is 29.7 Å². The summed E-state index contributed by atoms with van der Waals surface area (Å²) in [4.78, 5) is 4.30. The Morgan fingerprint density at radius 1 is 1.32 bits per heavy atom. The molecule has 4 nitrogen and oxygen atoms in total. The van der Waals surface area contributed by atoms with Crippen molar-refractivity contribution in [1.29, 1.82) is 0 Å². The molecule has 0 amide bonds. The van der Waals surface area contributed by atoms with Crippen LogP contribution in [-0.2, 0) is 11.5 Å². The van der Waals surface area contributed by atoms with Gasteiger partial charge in [-0.2, -0.15) is 5.10 Å². The van der Waals surface area contributed by atoms with Gasteiger partial charge in [0.1, 0.15) is 17.4 Å². The lowest BCUT2D eigenvalue weighted by atomic mass is 10.3. The molecule has 0 aliphatic heterocycles. The molecule has 0 N–H and O–H groups in total. The van der Waals surface area contributed by atoms with Crippen molar-refractivity contribution >= 4 is 30.7 Å². The van der Waals surface area contributed by atoms with Crippen LogP contribution in [-0.4, -0.2) is 29.4 Å². The summed E-state index contributed by atoms with van der Waals surface area (Å²) in [7, 11) is -1.04. The number of hydrogen-bond donors (Lipinski definition) is 0. The number of aromatic nitrogens is 3. The van der Waals surface area contributed by atoms with Crippen molar-refractivity contribution in [2.45, 2.75) is 39.3 Å². The zero-order valence-electron chi connectivity index (χ0n) is 11.9. The van der Waals surface area contributed by atoms with E-state index in [0.717, 1.165) is 29.4 Å². The first-order valence-corrected chi connectivity index (χ1v) is 10.5. The third-order valence-corrected chi connectivity index (χ3v) is 4.86. The largest absolute Gasteiger partial charge is 0.360 e. The summed E-state index contributed by atoms with van der Waals surface area (Å²) in [5.74, 6) is 0. The Bertz CT molecular complexity index is 577. The van der Waals surface area contributed by atoms with Crippen molar-refractivity contribution < 1.29 is 4.74 Å². The maximum Gasteiger partial charge on any atom is 0.140 e. The molecule has 0 aliphatic carbocycles. The van der Waals surface area contributed by atoms with Gasteiger partial charge in [-0.15, -0.1) is 0 Å². The minimum atomic E-state index is -1.04. The Hall–Kier alpha value is -0.913. The molecule has 2 rings (SSSR count). The normalized spacial score (nSPS) is 12.3. The van der Waals surface area contributed by atoms with Gasteiger partial charge in [0.15, 0.2) is 0 Å². The van der Waals surface area contributed by atoms with E-state index in [1.807, 2.05) is 17.7 Å². The van der Waals surface area contributed by atoms with E-state index in [1.54, 1.807) is 6.07 Å². The van der Waals surface area contributed by atoms with Gasteiger partial charge in [0.2, 0.25) is 0 Å². The first kappa shape index (κ1) is 14.5. The minimum absolute atomic E-state index is 0.470. The molecule has 6 heteroatoms. The summed E-state index contributed by atoms with van der Waals surface area (Å²) in [6.07, 6.45) is 0. The fourth-order valence-electron chi connectivity index (χ4n) is 1.81.